The van der Waals surface area contributed by atoms with Crippen LogP contribution in [0.15, 0.2) is 24.5 Å². The van der Waals surface area contributed by atoms with Crippen LogP contribution in [0.3, 0.4) is 0 Å². The fraction of sp³-hybridized carbons (Fsp3) is 0.583. The van der Waals surface area contributed by atoms with Crippen LogP contribution in [0.2, 0.25) is 0 Å². The molecule has 0 bridgehead atoms. The second-order valence-corrected chi connectivity index (χ2v) is 4.01. The maximum Gasteiger partial charge on any atom is 0.0349 e. The van der Waals surface area contributed by atoms with Gasteiger partial charge >= 0.3 is 0 Å². The molecule has 0 radical (unpaired) electrons. The van der Waals surface area contributed by atoms with Gasteiger partial charge in [0.15, 0.2) is 0 Å². The van der Waals surface area contributed by atoms with Gasteiger partial charge in [-0.05, 0) is 43.0 Å². The van der Waals surface area contributed by atoms with Gasteiger partial charge in [-0.3, -0.25) is 4.98 Å². The van der Waals surface area contributed by atoms with Crippen molar-refractivity contribution in [1.82, 2.24) is 10.3 Å². The topological polar surface area (TPSA) is 24.9 Å². The molecule has 14 heavy (non-hydrogen) atoms. The zero-order chi connectivity index (χ0) is 9.80. The lowest BCUT2D eigenvalue weighted by Gasteiger charge is -2.34. The summed E-state index contributed by atoms with van der Waals surface area (Å²) in [6.07, 6.45) is 7.92. The van der Waals surface area contributed by atoms with Crippen molar-refractivity contribution in [2.75, 3.05) is 6.54 Å². The van der Waals surface area contributed by atoms with Gasteiger partial charge in [-0.15, -0.1) is 0 Å². The van der Waals surface area contributed by atoms with Crippen molar-refractivity contribution < 1.29 is 0 Å². The second-order valence-electron chi connectivity index (χ2n) is 4.01. The molecule has 1 aliphatic rings. The van der Waals surface area contributed by atoms with Crippen molar-refractivity contribution in [2.24, 2.45) is 5.92 Å². The Bertz CT molecular complexity index is 267. The lowest BCUT2D eigenvalue weighted by molar-refractivity contribution is 0.233. The number of pyridine rings is 1. The Morgan fingerprint density at radius 2 is 2.14 bits per heavy atom. The van der Waals surface area contributed by atoms with E-state index in [4.69, 9.17) is 0 Å². The molecule has 2 heteroatoms. The van der Waals surface area contributed by atoms with Gasteiger partial charge in [-0.1, -0.05) is 13.3 Å². The fourth-order valence-corrected chi connectivity index (χ4v) is 2.12. The van der Waals surface area contributed by atoms with E-state index in [1.54, 1.807) is 0 Å². The molecule has 0 amide bonds. The number of nitrogens with one attached hydrogen (secondary N) is 1. The molecule has 1 fully saturated rings. The van der Waals surface area contributed by atoms with E-state index in [-0.39, 0.29) is 0 Å². The van der Waals surface area contributed by atoms with E-state index < -0.39 is 0 Å². The summed E-state index contributed by atoms with van der Waals surface area (Å²) in [5.74, 6) is 0.845. The summed E-state index contributed by atoms with van der Waals surface area (Å²) in [5, 5.41) is 3.57. The highest BCUT2D eigenvalue weighted by molar-refractivity contribution is 5.16. The number of hydrogen-bond donors (Lipinski definition) is 1. The Hall–Kier alpha value is -0.890. The number of hydrogen-bond acceptors (Lipinski definition) is 2. The van der Waals surface area contributed by atoms with Crippen LogP contribution in [0.1, 0.15) is 37.8 Å². The van der Waals surface area contributed by atoms with E-state index in [0.717, 1.165) is 12.5 Å². The van der Waals surface area contributed by atoms with Crippen LogP contribution in [-0.2, 0) is 0 Å². The molecule has 1 heterocycles. The quantitative estimate of drug-likeness (QED) is 0.789. The standard InChI is InChI=1S/C12H18N2/c1-2-14-12(10-4-3-5-10)11-6-8-13-9-7-11/h6-10,12,14H,2-5H2,1H3. The number of rotatable bonds is 4. The summed E-state index contributed by atoms with van der Waals surface area (Å²) >= 11 is 0. The highest BCUT2D eigenvalue weighted by Gasteiger charge is 2.27. The normalized spacial score (nSPS) is 18.9. The highest BCUT2D eigenvalue weighted by atomic mass is 14.9. The first-order chi connectivity index (χ1) is 6.92. The van der Waals surface area contributed by atoms with Gasteiger partial charge in [0.2, 0.25) is 0 Å². The third-order valence-corrected chi connectivity index (χ3v) is 3.11. The third kappa shape index (κ3) is 1.95. The summed E-state index contributed by atoms with van der Waals surface area (Å²) in [6, 6.07) is 4.81. The van der Waals surface area contributed by atoms with E-state index in [2.05, 4.69) is 29.4 Å². The van der Waals surface area contributed by atoms with E-state index in [9.17, 15) is 0 Å². The predicted octanol–water partition coefficient (Wildman–Crippen LogP) is 2.53. The van der Waals surface area contributed by atoms with E-state index in [1.165, 1.54) is 24.8 Å². The summed E-state index contributed by atoms with van der Waals surface area (Å²) in [4.78, 5) is 4.06. The Morgan fingerprint density at radius 1 is 1.43 bits per heavy atom. The van der Waals surface area contributed by atoms with Gasteiger partial charge in [0, 0.05) is 18.4 Å². The molecule has 0 aliphatic heterocycles. The lowest BCUT2D eigenvalue weighted by Crippen LogP contribution is -2.32. The molecule has 1 N–H and O–H groups in total. The minimum Gasteiger partial charge on any atom is -0.310 e. The first-order valence-corrected chi connectivity index (χ1v) is 5.55. The van der Waals surface area contributed by atoms with Gasteiger partial charge in [0.05, 0.1) is 0 Å². The fourth-order valence-electron chi connectivity index (χ4n) is 2.12. The summed E-state index contributed by atoms with van der Waals surface area (Å²) < 4.78 is 0. The SMILES string of the molecule is CCNC(c1ccncc1)C1CCC1. The van der Waals surface area contributed by atoms with Crippen molar-refractivity contribution in [2.45, 2.75) is 32.2 Å². The van der Waals surface area contributed by atoms with Crippen molar-refractivity contribution in [3.05, 3.63) is 30.1 Å². The van der Waals surface area contributed by atoms with Gasteiger partial charge in [-0.25, -0.2) is 0 Å². The molecule has 2 rings (SSSR count). The van der Waals surface area contributed by atoms with Crippen molar-refractivity contribution >= 4 is 0 Å². The van der Waals surface area contributed by atoms with E-state index in [1.807, 2.05) is 12.4 Å². The van der Waals surface area contributed by atoms with Crippen molar-refractivity contribution in [3.8, 4) is 0 Å². The molecule has 1 atom stereocenters. The van der Waals surface area contributed by atoms with E-state index in [0.29, 0.717) is 6.04 Å². The Kier molecular flexibility index (Phi) is 3.14. The Balaban J connectivity index is 2.09. The minimum absolute atomic E-state index is 0.553. The van der Waals surface area contributed by atoms with Crippen LogP contribution in [0.25, 0.3) is 0 Å². The average Bonchev–Trinajstić information content (AvgIpc) is 2.16. The molecule has 76 valence electrons. The highest BCUT2D eigenvalue weighted by Crippen LogP contribution is 2.37. The van der Waals surface area contributed by atoms with Crippen LogP contribution in [0, 0.1) is 5.92 Å². The number of aromatic nitrogens is 1. The lowest BCUT2D eigenvalue weighted by atomic mass is 9.77. The molecule has 0 aromatic carbocycles. The number of nitrogens with zero attached hydrogens (tertiary/aromatic N) is 1. The zero-order valence-electron chi connectivity index (χ0n) is 8.74. The molecule has 1 saturated carbocycles. The van der Waals surface area contributed by atoms with Gasteiger partial charge in [0.1, 0.15) is 0 Å². The van der Waals surface area contributed by atoms with Crippen LogP contribution in [-0.4, -0.2) is 11.5 Å². The van der Waals surface area contributed by atoms with E-state index >= 15 is 0 Å². The van der Waals surface area contributed by atoms with Crippen LogP contribution in [0.5, 0.6) is 0 Å². The zero-order valence-corrected chi connectivity index (χ0v) is 8.74. The first kappa shape index (κ1) is 9.66. The monoisotopic (exact) mass is 190 g/mol. The Labute approximate surface area is 85.7 Å². The van der Waals surface area contributed by atoms with Crippen LogP contribution < -0.4 is 5.32 Å². The molecular formula is C12H18N2. The molecule has 0 spiro atoms. The first-order valence-electron chi connectivity index (χ1n) is 5.55. The Morgan fingerprint density at radius 3 is 2.64 bits per heavy atom. The maximum absolute atomic E-state index is 4.06. The largest absolute Gasteiger partial charge is 0.310 e. The molecular weight excluding hydrogens is 172 g/mol. The van der Waals surface area contributed by atoms with Gasteiger partial charge in [-0.2, -0.15) is 0 Å². The molecule has 1 unspecified atom stereocenters. The minimum atomic E-state index is 0.553. The molecule has 1 aromatic heterocycles. The molecule has 2 nitrogen and oxygen atoms in total. The molecule has 1 aliphatic carbocycles. The smallest absolute Gasteiger partial charge is 0.0349 e. The van der Waals surface area contributed by atoms with Gasteiger partial charge in [0.25, 0.3) is 0 Å². The summed E-state index contributed by atoms with van der Waals surface area (Å²) in [5.41, 5.74) is 1.39. The second kappa shape index (κ2) is 4.56. The predicted molar refractivity (Wildman–Crippen MR) is 58.0 cm³/mol. The molecule has 1 aromatic rings. The third-order valence-electron chi connectivity index (χ3n) is 3.11. The van der Waals surface area contributed by atoms with Crippen LogP contribution >= 0.6 is 0 Å². The summed E-state index contributed by atoms with van der Waals surface area (Å²) in [7, 11) is 0. The maximum atomic E-state index is 4.06. The van der Waals surface area contributed by atoms with Gasteiger partial charge < -0.3 is 5.32 Å². The molecule has 0 saturated heterocycles. The van der Waals surface area contributed by atoms with Crippen LogP contribution in [0.4, 0.5) is 0 Å². The summed E-state index contributed by atoms with van der Waals surface area (Å²) in [6.45, 7) is 3.22. The van der Waals surface area contributed by atoms with Crippen molar-refractivity contribution in [3.63, 3.8) is 0 Å². The van der Waals surface area contributed by atoms with Crippen molar-refractivity contribution in [1.29, 1.82) is 0 Å². The average molecular weight is 190 g/mol.